The van der Waals surface area contributed by atoms with Crippen molar-refractivity contribution in [2.45, 2.75) is 0 Å². The summed E-state index contributed by atoms with van der Waals surface area (Å²) >= 11 is 0. The highest BCUT2D eigenvalue weighted by Crippen LogP contribution is 2.46. The van der Waals surface area contributed by atoms with Gasteiger partial charge >= 0.3 is 0 Å². The number of rotatable bonds is 4. The Morgan fingerprint density at radius 3 is 1.76 bits per heavy atom. The van der Waals surface area contributed by atoms with Crippen LogP contribution in [0.5, 0.6) is 0 Å². The average Bonchev–Trinajstić information content (AvgIpc) is 3.29. The second-order valence-corrected chi connectivity index (χ2v) is 10.6. The van der Waals surface area contributed by atoms with E-state index in [2.05, 4.69) is 0 Å². The summed E-state index contributed by atoms with van der Waals surface area (Å²) in [6, 6.07) is 8.49. The van der Waals surface area contributed by atoms with E-state index >= 15 is 0 Å². The molecule has 0 fully saturated rings. The van der Waals surface area contributed by atoms with Crippen LogP contribution in [0.3, 0.4) is 0 Å². The average molecular weight is 601 g/mol. The lowest BCUT2D eigenvalue weighted by atomic mass is 9.83. The summed E-state index contributed by atoms with van der Waals surface area (Å²) in [5.74, 6) is 0. The maximum atomic E-state index is 9.92. The standard InChI is InChI=1S/C46H30/c1-2-11-31(12-3-1)38-27-28-43-44(30-38)46(40-20-10-16-34-14-6-7-17-39(34)40)42-19-9-8-18-41(42)45(43)35-24-21-33(22-25-35)37-26-23-32-13-4-5-15-36(32)29-37/h1-30H/i4D,5D,8D,9D,13D,15D,18D,19D,21D,22D,23D,24D,25D,26D,27D,28D,29D,30D. The summed E-state index contributed by atoms with van der Waals surface area (Å²) in [5.41, 5.74) is -1.29. The molecule has 0 saturated heterocycles. The van der Waals surface area contributed by atoms with Crippen LogP contribution < -0.4 is 0 Å². The molecule has 0 heteroatoms. The normalized spacial score (nSPS) is 17.0. The number of hydrogen-bond donors (Lipinski definition) is 0. The summed E-state index contributed by atoms with van der Waals surface area (Å²) in [4.78, 5) is 0. The van der Waals surface area contributed by atoms with Crippen LogP contribution in [0, 0.1) is 0 Å². The van der Waals surface area contributed by atoms with Gasteiger partial charge in [-0.2, -0.15) is 0 Å². The van der Waals surface area contributed by atoms with E-state index in [1.54, 1.807) is 54.6 Å². The summed E-state index contributed by atoms with van der Waals surface area (Å²) in [7, 11) is 0. The first-order chi connectivity index (χ1) is 30.3. The minimum absolute atomic E-state index is 0.0204. The molecule has 0 heterocycles. The fourth-order valence-electron chi connectivity index (χ4n) is 5.90. The van der Waals surface area contributed by atoms with Gasteiger partial charge in [-0.15, -0.1) is 0 Å². The van der Waals surface area contributed by atoms with Gasteiger partial charge in [0.05, 0.1) is 24.7 Å². The highest BCUT2D eigenvalue weighted by atomic mass is 14.2. The molecule has 0 radical (unpaired) electrons. The number of fused-ring (bicyclic) bond motifs is 4. The highest BCUT2D eigenvalue weighted by molar-refractivity contribution is 6.24. The molecule has 0 aliphatic rings. The smallest absolute Gasteiger partial charge is 0.0622 e. The molecule has 0 bridgehead atoms. The van der Waals surface area contributed by atoms with Gasteiger partial charge in [-0.3, -0.25) is 0 Å². The van der Waals surface area contributed by atoms with Crippen LogP contribution in [0.25, 0.3) is 87.6 Å². The Morgan fingerprint density at radius 2 is 0.913 bits per heavy atom. The lowest BCUT2D eigenvalue weighted by Crippen LogP contribution is -1.92. The van der Waals surface area contributed by atoms with E-state index in [4.69, 9.17) is 12.3 Å². The van der Waals surface area contributed by atoms with E-state index in [1.807, 2.05) is 18.2 Å². The van der Waals surface area contributed by atoms with Crippen LogP contribution in [0.15, 0.2) is 182 Å². The van der Waals surface area contributed by atoms with E-state index in [9.17, 15) is 12.3 Å². The molecular weight excluding hydrogens is 553 g/mol. The molecule has 0 saturated carbocycles. The quantitative estimate of drug-likeness (QED) is 0.176. The van der Waals surface area contributed by atoms with Crippen LogP contribution in [0.4, 0.5) is 0 Å². The van der Waals surface area contributed by atoms with Crippen LogP contribution in [-0.4, -0.2) is 0 Å². The van der Waals surface area contributed by atoms with E-state index in [-0.39, 0.29) is 44.3 Å². The van der Waals surface area contributed by atoms with Crippen LogP contribution in [0.2, 0.25) is 0 Å². The van der Waals surface area contributed by atoms with Crippen molar-refractivity contribution in [1.29, 1.82) is 0 Å². The van der Waals surface area contributed by atoms with Crippen molar-refractivity contribution in [3.63, 3.8) is 0 Å². The highest BCUT2D eigenvalue weighted by Gasteiger charge is 2.19. The fraction of sp³-hybridized carbons (Fsp3) is 0. The van der Waals surface area contributed by atoms with Crippen LogP contribution in [-0.2, 0) is 0 Å². The molecule has 0 unspecified atom stereocenters. The lowest BCUT2D eigenvalue weighted by Gasteiger charge is -2.20. The summed E-state index contributed by atoms with van der Waals surface area (Å²) < 4.78 is 164. The maximum absolute atomic E-state index is 9.92. The molecule has 9 rings (SSSR count). The Morgan fingerprint density at radius 1 is 0.304 bits per heavy atom. The van der Waals surface area contributed by atoms with Gasteiger partial charge in [0.15, 0.2) is 0 Å². The number of hydrogen-bond acceptors (Lipinski definition) is 0. The maximum Gasteiger partial charge on any atom is 0.0636 e. The Balaban J connectivity index is 1.54. The van der Waals surface area contributed by atoms with Gasteiger partial charge < -0.3 is 0 Å². The van der Waals surface area contributed by atoms with Gasteiger partial charge in [0, 0.05) is 0 Å². The molecule has 0 nitrogen and oxygen atoms in total. The molecule has 0 aliphatic heterocycles. The van der Waals surface area contributed by atoms with Gasteiger partial charge in [-0.05, 0) is 99.7 Å². The van der Waals surface area contributed by atoms with Crippen molar-refractivity contribution in [2.24, 2.45) is 0 Å². The first kappa shape index (κ1) is 14.0. The summed E-state index contributed by atoms with van der Waals surface area (Å²) in [5, 5.41) is -0.344. The molecule has 0 atom stereocenters. The van der Waals surface area contributed by atoms with Crippen molar-refractivity contribution >= 4 is 43.1 Å². The van der Waals surface area contributed by atoms with Gasteiger partial charge in [-0.25, -0.2) is 0 Å². The van der Waals surface area contributed by atoms with Crippen molar-refractivity contribution in [2.75, 3.05) is 0 Å². The minimum atomic E-state index is -0.873. The zero-order valence-electron chi connectivity index (χ0n) is 41.9. The Labute approximate surface area is 294 Å². The molecule has 0 aliphatic carbocycles. The van der Waals surface area contributed by atoms with Gasteiger partial charge in [0.1, 0.15) is 0 Å². The molecule has 0 N–H and O–H groups in total. The van der Waals surface area contributed by atoms with E-state index in [0.29, 0.717) is 16.5 Å². The predicted molar refractivity (Wildman–Crippen MR) is 198 cm³/mol. The molecule has 0 aromatic heterocycles. The van der Waals surface area contributed by atoms with Crippen molar-refractivity contribution in [1.82, 2.24) is 0 Å². The zero-order valence-corrected chi connectivity index (χ0v) is 23.9. The molecule has 0 amide bonds. The first-order valence-electron chi connectivity index (χ1n) is 23.5. The lowest BCUT2D eigenvalue weighted by molar-refractivity contribution is 1.62. The molecule has 0 spiro atoms. The third kappa shape index (κ3) is 4.38. The first-order valence-corrected chi connectivity index (χ1v) is 14.5. The van der Waals surface area contributed by atoms with Gasteiger partial charge in [-0.1, -0.05) is 169 Å². The largest absolute Gasteiger partial charge is 0.0636 e. The predicted octanol–water partition coefficient (Wildman–Crippen LogP) is 13.0. The Hall–Kier alpha value is -5.98. The molecule has 9 aromatic rings. The fourth-order valence-corrected chi connectivity index (χ4v) is 5.90. The third-order valence-corrected chi connectivity index (χ3v) is 8.00. The topological polar surface area (TPSA) is 0 Å². The number of benzene rings is 9. The van der Waals surface area contributed by atoms with Crippen LogP contribution >= 0.6 is 0 Å². The molecule has 214 valence electrons. The van der Waals surface area contributed by atoms with E-state index < -0.39 is 130 Å². The summed E-state index contributed by atoms with van der Waals surface area (Å²) in [6.07, 6.45) is 0. The Kier molecular flexibility index (Phi) is 3.30. The molecule has 46 heavy (non-hydrogen) atoms. The molecular formula is C46H30. The minimum Gasteiger partial charge on any atom is -0.0622 e. The van der Waals surface area contributed by atoms with Crippen molar-refractivity contribution in [3.8, 4) is 44.5 Å². The van der Waals surface area contributed by atoms with Crippen molar-refractivity contribution < 1.29 is 24.7 Å². The SMILES string of the molecule is [2H]c1c([2H])c(-c2c3c([2H])c([2H])c([2H])c([2H])c3c(-c3cccc4ccccc34)c3c([2H])c(-c4ccccc4)c([2H])c([2H])c23)c([2H])c([2H])c1-c1c([2H])c([2H])c2c([2H])c([2H])c([2H])c([2H])c2c1[2H]. The van der Waals surface area contributed by atoms with E-state index in [1.165, 1.54) is 0 Å². The van der Waals surface area contributed by atoms with Gasteiger partial charge in [0.25, 0.3) is 0 Å². The van der Waals surface area contributed by atoms with E-state index in [0.717, 1.165) is 5.39 Å². The second kappa shape index (κ2) is 10.9. The Bertz CT molecular complexity index is 3550. The monoisotopic (exact) mass is 600 g/mol. The zero-order chi connectivity index (χ0) is 46.1. The van der Waals surface area contributed by atoms with Gasteiger partial charge in [0.2, 0.25) is 0 Å². The molecule has 9 aromatic carbocycles. The van der Waals surface area contributed by atoms with Crippen LogP contribution in [0.1, 0.15) is 24.7 Å². The third-order valence-electron chi connectivity index (χ3n) is 8.00. The second-order valence-electron chi connectivity index (χ2n) is 10.6. The van der Waals surface area contributed by atoms with Crippen molar-refractivity contribution in [3.05, 3.63) is 182 Å². The summed E-state index contributed by atoms with van der Waals surface area (Å²) in [6.45, 7) is 0.